The van der Waals surface area contributed by atoms with Crippen LogP contribution in [0, 0.1) is 12.8 Å². The van der Waals surface area contributed by atoms with E-state index in [1.165, 1.54) is 0 Å². The van der Waals surface area contributed by atoms with Crippen LogP contribution in [0.4, 0.5) is 0 Å². The Balaban J connectivity index is 1.89. The summed E-state index contributed by atoms with van der Waals surface area (Å²) >= 11 is 0. The fourth-order valence-corrected chi connectivity index (χ4v) is 2.89. The molecule has 6 nitrogen and oxygen atoms in total. The maximum atomic E-state index is 12.5. The number of amides is 1. The van der Waals surface area contributed by atoms with Crippen molar-refractivity contribution in [2.24, 2.45) is 5.92 Å². The first-order valence-electron chi connectivity index (χ1n) is 6.96. The van der Waals surface area contributed by atoms with Crippen LogP contribution in [0.25, 0.3) is 5.65 Å². The van der Waals surface area contributed by atoms with E-state index < -0.39 is 11.9 Å². The van der Waals surface area contributed by atoms with Crippen molar-refractivity contribution in [1.29, 1.82) is 0 Å². The lowest BCUT2D eigenvalue weighted by Gasteiger charge is -2.22. The van der Waals surface area contributed by atoms with Crippen LogP contribution >= 0.6 is 0 Å². The van der Waals surface area contributed by atoms with Gasteiger partial charge < -0.3 is 14.4 Å². The van der Waals surface area contributed by atoms with Gasteiger partial charge in [-0.25, -0.2) is 4.98 Å². The van der Waals surface area contributed by atoms with E-state index in [0.29, 0.717) is 18.7 Å². The molecule has 3 heterocycles. The molecule has 2 unspecified atom stereocenters. The van der Waals surface area contributed by atoms with Crippen LogP contribution in [0.2, 0.25) is 0 Å². The normalized spacial score (nSPS) is 21.9. The Bertz CT molecular complexity index is 722. The highest BCUT2D eigenvalue weighted by Crippen LogP contribution is 2.26. The number of rotatable bonds is 2. The third-order valence-electron chi connectivity index (χ3n) is 4.17. The molecule has 2 aromatic rings. The van der Waals surface area contributed by atoms with E-state index in [1.54, 1.807) is 22.4 Å². The first kappa shape index (κ1) is 13.6. The summed E-state index contributed by atoms with van der Waals surface area (Å²) in [6.07, 6.45) is 4.05. The molecule has 1 aliphatic rings. The Morgan fingerprint density at radius 1 is 1.43 bits per heavy atom. The van der Waals surface area contributed by atoms with E-state index in [2.05, 4.69) is 4.98 Å². The fraction of sp³-hybridized carbons (Fsp3) is 0.400. The van der Waals surface area contributed by atoms with Gasteiger partial charge in [-0.2, -0.15) is 0 Å². The number of hydrogen-bond acceptors (Lipinski definition) is 3. The topological polar surface area (TPSA) is 74.9 Å². The number of nitrogens with zero attached hydrogens (tertiary/aromatic N) is 3. The molecule has 110 valence electrons. The summed E-state index contributed by atoms with van der Waals surface area (Å²) in [6.45, 7) is 4.21. The van der Waals surface area contributed by atoms with Gasteiger partial charge in [0.05, 0.1) is 5.92 Å². The third kappa shape index (κ3) is 2.26. The molecule has 0 aromatic carbocycles. The van der Waals surface area contributed by atoms with Gasteiger partial charge in [-0.15, -0.1) is 0 Å². The largest absolute Gasteiger partial charge is 0.481 e. The van der Waals surface area contributed by atoms with E-state index in [0.717, 1.165) is 11.2 Å². The van der Waals surface area contributed by atoms with Gasteiger partial charge in [0.15, 0.2) is 0 Å². The Kier molecular flexibility index (Phi) is 3.16. The number of hydrogen-bond donors (Lipinski definition) is 1. The van der Waals surface area contributed by atoms with Crippen LogP contribution in [0.3, 0.4) is 0 Å². The number of fused-ring (bicyclic) bond motifs is 1. The minimum atomic E-state index is -0.844. The summed E-state index contributed by atoms with van der Waals surface area (Å²) in [5, 5.41) is 9.14. The van der Waals surface area contributed by atoms with Crippen molar-refractivity contribution >= 4 is 17.5 Å². The number of carbonyl (C=O) groups excluding carboxylic acids is 1. The maximum Gasteiger partial charge on any atom is 0.308 e. The molecule has 1 aliphatic heterocycles. The Labute approximate surface area is 122 Å². The number of likely N-dealkylation sites (tertiary alicyclic amines) is 1. The van der Waals surface area contributed by atoms with Crippen molar-refractivity contribution in [1.82, 2.24) is 14.3 Å². The van der Waals surface area contributed by atoms with Gasteiger partial charge in [-0.1, -0.05) is 0 Å². The number of carboxylic acid groups (broad SMARTS) is 1. The van der Waals surface area contributed by atoms with Crippen LogP contribution < -0.4 is 0 Å². The lowest BCUT2D eigenvalue weighted by Crippen LogP contribution is -2.37. The first-order chi connectivity index (χ1) is 9.97. The SMILES string of the molecule is Cc1ccn2cc(C(=O)N3CCC(C(=O)O)C3C)nc2c1. The Hall–Kier alpha value is -2.37. The molecule has 2 atom stereocenters. The number of aryl methyl sites for hydroxylation is 1. The quantitative estimate of drug-likeness (QED) is 0.910. The Morgan fingerprint density at radius 2 is 2.19 bits per heavy atom. The van der Waals surface area contributed by atoms with Crippen molar-refractivity contribution in [3.63, 3.8) is 0 Å². The van der Waals surface area contributed by atoms with Gasteiger partial charge in [0.2, 0.25) is 0 Å². The molecular formula is C15H17N3O3. The van der Waals surface area contributed by atoms with Gasteiger partial charge in [-0.05, 0) is 38.0 Å². The molecule has 2 aromatic heterocycles. The zero-order valence-corrected chi connectivity index (χ0v) is 12.0. The predicted molar refractivity (Wildman–Crippen MR) is 76.2 cm³/mol. The van der Waals surface area contributed by atoms with Crippen LogP contribution in [-0.4, -0.2) is 43.9 Å². The van der Waals surface area contributed by atoms with E-state index in [-0.39, 0.29) is 11.9 Å². The zero-order chi connectivity index (χ0) is 15.1. The summed E-state index contributed by atoms with van der Waals surface area (Å²) in [5.74, 6) is -1.54. The molecule has 0 radical (unpaired) electrons. The second-order valence-corrected chi connectivity index (χ2v) is 5.57. The average Bonchev–Trinajstić information content (AvgIpc) is 3.00. The molecule has 1 amide bonds. The van der Waals surface area contributed by atoms with Gasteiger partial charge in [0, 0.05) is 25.0 Å². The molecule has 0 aliphatic carbocycles. The standard InChI is InChI=1S/C15H17N3O3/c1-9-3-5-17-8-12(16-13(17)7-9)14(19)18-6-4-11(10(18)2)15(20)21/h3,5,7-8,10-11H,4,6H2,1-2H3,(H,20,21). The minimum Gasteiger partial charge on any atom is -0.481 e. The van der Waals surface area contributed by atoms with Crippen molar-refractivity contribution in [3.05, 3.63) is 35.8 Å². The van der Waals surface area contributed by atoms with Crippen molar-refractivity contribution in [2.75, 3.05) is 6.54 Å². The molecule has 3 rings (SSSR count). The highest BCUT2D eigenvalue weighted by atomic mass is 16.4. The van der Waals surface area contributed by atoms with Crippen molar-refractivity contribution in [2.45, 2.75) is 26.3 Å². The van der Waals surface area contributed by atoms with E-state index in [4.69, 9.17) is 5.11 Å². The smallest absolute Gasteiger partial charge is 0.308 e. The number of carbonyl (C=O) groups is 2. The summed E-state index contributed by atoms with van der Waals surface area (Å²) < 4.78 is 1.80. The van der Waals surface area contributed by atoms with Crippen LogP contribution in [0.15, 0.2) is 24.5 Å². The van der Waals surface area contributed by atoms with E-state index >= 15 is 0 Å². The molecule has 21 heavy (non-hydrogen) atoms. The predicted octanol–water partition coefficient (Wildman–Crippen LogP) is 1.58. The van der Waals surface area contributed by atoms with Crippen LogP contribution in [0.5, 0.6) is 0 Å². The molecule has 0 spiro atoms. The molecule has 0 bridgehead atoms. The second kappa shape index (κ2) is 4.87. The van der Waals surface area contributed by atoms with Gasteiger partial charge in [0.1, 0.15) is 11.3 Å². The van der Waals surface area contributed by atoms with Crippen LogP contribution in [0.1, 0.15) is 29.4 Å². The third-order valence-corrected chi connectivity index (χ3v) is 4.17. The van der Waals surface area contributed by atoms with Gasteiger partial charge in [-0.3, -0.25) is 9.59 Å². The first-order valence-corrected chi connectivity index (χ1v) is 6.96. The summed E-state index contributed by atoms with van der Waals surface area (Å²) in [5.41, 5.74) is 2.16. The molecule has 1 saturated heterocycles. The molecule has 1 N–H and O–H groups in total. The summed E-state index contributed by atoms with van der Waals surface area (Å²) in [4.78, 5) is 29.6. The number of aromatic nitrogens is 2. The highest BCUT2D eigenvalue weighted by molar-refractivity contribution is 5.94. The minimum absolute atomic E-state index is 0.201. The molecule has 6 heteroatoms. The van der Waals surface area contributed by atoms with Crippen molar-refractivity contribution in [3.8, 4) is 0 Å². The Morgan fingerprint density at radius 3 is 2.86 bits per heavy atom. The second-order valence-electron chi connectivity index (χ2n) is 5.57. The number of carboxylic acids is 1. The molecule has 1 fully saturated rings. The fourth-order valence-electron chi connectivity index (χ4n) is 2.89. The number of aliphatic carboxylic acids is 1. The lowest BCUT2D eigenvalue weighted by molar-refractivity contribution is -0.142. The summed E-state index contributed by atoms with van der Waals surface area (Å²) in [6, 6.07) is 3.55. The highest BCUT2D eigenvalue weighted by Gasteiger charge is 2.38. The van der Waals surface area contributed by atoms with Crippen molar-refractivity contribution < 1.29 is 14.7 Å². The van der Waals surface area contributed by atoms with Gasteiger partial charge in [0.25, 0.3) is 5.91 Å². The zero-order valence-electron chi connectivity index (χ0n) is 12.0. The average molecular weight is 287 g/mol. The van der Waals surface area contributed by atoms with Gasteiger partial charge >= 0.3 is 5.97 Å². The molecular weight excluding hydrogens is 270 g/mol. The van der Waals surface area contributed by atoms with E-state index in [1.807, 2.05) is 25.3 Å². The molecule has 0 saturated carbocycles. The monoisotopic (exact) mass is 287 g/mol. The summed E-state index contributed by atoms with van der Waals surface area (Å²) in [7, 11) is 0. The number of pyridine rings is 1. The number of imidazole rings is 1. The maximum absolute atomic E-state index is 12.5. The van der Waals surface area contributed by atoms with Crippen LogP contribution in [-0.2, 0) is 4.79 Å². The van der Waals surface area contributed by atoms with E-state index in [9.17, 15) is 9.59 Å². The lowest BCUT2D eigenvalue weighted by atomic mass is 10.0.